The molecule has 1 aliphatic rings. The van der Waals surface area contributed by atoms with Gasteiger partial charge in [-0.3, -0.25) is 19.5 Å². The highest BCUT2D eigenvalue weighted by molar-refractivity contribution is 6.51. The Labute approximate surface area is 191 Å². The van der Waals surface area contributed by atoms with Gasteiger partial charge in [0.05, 0.1) is 24.5 Å². The molecule has 1 saturated heterocycles. The zero-order chi connectivity index (χ0) is 23.4. The van der Waals surface area contributed by atoms with Crippen molar-refractivity contribution in [2.24, 2.45) is 0 Å². The van der Waals surface area contributed by atoms with Gasteiger partial charge < -0.3 is 14.6 Å². The fourth-order valence-electron chi connectivity index (χ4n) is 3.82. The number of rotatable bonds is 7. The number of benzene rings is 2. The minimum Gasteiger partial charge on any atom is -0.507 e. The standard InChI is InChI=1S/C26H24N2O5/c1-3-32-19-12-8-17(9-13-19)24(29)22-23(21-7-5-6-16-27-21)28(26(31)25(22)30)18-10-14-20(15-11-18)33-4-2/h5-16,23,29H,3-4H2,1-2H3/b24-22-. The SMILES string of the molecule is CCOc1ccc(/C(O)=C2/C(=O)C(=O)N(c3ccc(OCC)cc3)C2c2ccccn2)cc1. The predicted octanol–water partition coefficient (Wildman–Crippen LogP) is 4.51. The molecule has 7 heteroatoms. The quantitative estimate of drug-likeness (QED) is 0.328. The first-order valence-electron chi connectivity index (χ1n) is 10.7. The summed E-state index contributed by atoms with van der Waals surface area (Å²) in [6, 6.07) is 18.0. The summed E-state index contributed by atoms with van der Waals surface area (Å²) >= 11 is 0. The van der Waals surface area contributed by atoms with Gasteiger partial charge in [-0.1, -0.05) is 6.07 Å². The highest BCUT2D eigenvalue weighted by atomic mass is 16.5. The monoisotopic (exact) mass is 444 g/mol. The van der Waals surface area contributed by atoms with E-state index in [2.05, 4.69) is 4.98 Å². The number of carbonyl (C=O) groups excluding carboxylic acids is 2. The van der Waals surface area contributed by atoms with Crippen LogP contribution in [0.5, 0.6) is 11.5 Å². The number of ether oxygens (including phenoxy) is 2. The van der Waals surface area contributed by atoms with Gasteiger partial charge in [0.25, 0.3) is 11.7 Å². The largest absolute Gasteiger partial charge is 0.507 e. The number of aliphatic hydroxyl groups is 1. The third kappa shape index (κ3) is 4.30. The Balaban J connectivity index is 1.83. The van der Waals surface area contributed by atoms with Crippen molar-refractivity contribution in [1.82, 2.24) is 4.98 Å². The predicted molar refractivity (Wildman–Crippen MR) is 124 cm³/mol. The first-order valence-corrected chi connectivity index (χ1v) is 10.7. The van der Waals surface area contributed by atoms with E-state index < -0.39 is 17.7 Å². The normalized spacial score (nSPS) is 17.3. The van der Waals surface area contributed by atoms with Crippen molar-refractivity contribution in [2.75, 3.05) is 18.1 Å². The van der Waals surface area contributed by atoms with Gasteiger partial charge in [-0.2, -0.15) is 0 Å². The number of hydrogen-bond donors (Lipinski definition) is 1. The van der Waals surface area contributed by atoms with E-state index in [0.29, 0.717) is 41.7 Å². The molecule has 1 atom stereocenters. The third-order valence-electron chi connectivity index (χ3n) is 5.28. The highest BCUT2D eigenvalue weighted by Crippen LogP contribution is 2.41. The Morgan fingerprint density at radius 3 is 2.06 bits per heavy atom. The molecule has 7 nitrogen and oxygen atoms in total. The summed E-state index contributed by atoms with van der Waals surface area (Å²) in [4.78, 5) is 32.0. The summed E-state index contributed by atoms with van der Waals surface area (Å²) in [7, 11) is 0. The second-order valence-corrected chi connectivity index (χ2v) is 7.31. The van der Waals surface area contributed by atoms with Gasteiger partial charge in [-0.05, 0) is 74.5 Å². The molecular weight excluding hydrogens is 420 g/mol. The maximum absolute atomic E-state index is 13.1. The third-order valence-corrected chi connectivity index (χ3v) is 5.28. The number of carbonyl (C=O) groups is 2. The summed E-state index contributed by atoms with van der Waals surface area (Å²) in [5, 5.41) is 11.1. The minimum absolute atomic E-state index is 0.0169. The Kier molecular flexibility index (Phi) is 6.40. The number of hydrogen-bond acceptors (Lipinski definition) is 6. The lowest BCUT2D eigenvalue weighted by Crippen LogP contribution is -2.29. The number of ketones is 1. The van der Waals surface area contributed by atoms with Gasteiger partial charge in [0.2, 0.25) is 0 Å². The molecule has 3 aromatic rings. The van der Waals surface area contributed by atoms with Gasteiger partial charge in [-0.25, -0.2) is 0 Å². The molecule has 0 saturated carbocycles. The fraction of sp³-hybridized carbons (Fsp3) is 0.192. The van der Waals surface area contributed by atoms with Crippen LogP contribution in [0, 0.1) is 0 Å². The Hall–Kier alpha value is -4.13. The van der Waals surface area contributed by atoms with Crippen LogP contribution in [-0.4, -0.2) is 35.0 Å². The highest BCUT2D eigenvalue weighted by Gasteiger charge is 2.47. The summed E-state index contributed by atoms with van der Waals surface area (Å²) in [5.41, 5.74) is 1.36. The molecule has 1 fully saturated rings. The van der Waals surface area contributed by atoms with Crippen molar-refractivity contribution >= 4 is 23.1 Å². The average molecular weight is 444 g/mol. The molecule has 0 bridgehead atoms. The lowest BCUT2D eigenvalue weighted by molar-refractivity contribution is -0.132. The van der Waals surface area contributed by atoms with Crippen LogP contribution in [0.25, 0.3) is 5.76 Å². The molecule has 2 heterocycles. The number of aliphatic hydroxyl groups excluding tert-OH is 1. The van der Waals surface area contributed by atoms with Crippen LogP contribution in [0.15, 0.2) is 78.5 Å². The van der Waals surface area contributed by atoms with Crippen LogP contribution in [-0.2, 0) is 9.59 Å². The fourth-order valence-corrected chi connectivity index (χ4v) is 3.82. The molecule has 33 heavy (non-hydrogen) atoms. The number of Topliss-reactive ketones (excluding diaryl/α,β-unsaturated/α-hetero) is 1. The lowest BCUT2D eigenvalue weighted by Gasteiger charge is -2.24. The zero-order valence-corrected chi connectivity index (χ0v) is 18.4. The Morgan fingerprint density at radius 2 is 1.52 bits per heavy atom. The lowest BCUT2D eigenvalue weighted by atomic mass is 9.98. The van der Waals surface area contributed by atoms with E-state index in [4.69, 9.17) is 9.47 Å². The second-order valence-electron chi connectivity index (χ2n) is 7.31. The molecule has 4 rings (SSSR count). The molecule has 1 unspecified atom stereocenters. The summed E-state index contributed by atoms with van der Waals surface area (Å²) in [6.45, 7) is 4.79. The number of nitrogens with zero attached hydrogens (tertiary/aromatic N) is 2. The van der Waals surface area contributed by atoms with Crippen molar-refractivity contribution in [3.63, 3.8) is 0 Å². The van der Waals surface area contributed by atoms with Gasteiger partial charge in [0, 0.05) is 17.4 Å². The van der Waals surface area contributed by atoms with Gasteiger partial charge in [-0.15, -0.1) is 0 Å². The van der Waals surface area contributed by atoms with Crippen LogP contribution >= 0.6 is 0 Å². The van der Waals surface area contributed by atoms with Gasteiger partial charge in [0.15, 0.2) is 0 Å². The summed E-state index contributed by atoms with van der Waals surface area (Å²) < 4.78 is 10.9. The van der Waals surface area contributed by atoms with E-state index in [9.17, 15) is 14.7 Å². The maximum Gasteiger partial charge on any atom is 0.300 e. The molecule has 1 aliphatic heterocycles. The van der Waals surface area contributed by atoms with Crippen molar-refractivity contribution in [2.45, 2.75) is 19.9 Å². The number of amides is 1. The molecule has 2 aromatic carbocycles. The van der Waals surface area contributed by atoms with Gasteiger partial charge in [0.1, 0.15) is 23.3 Å². The van der Waals surface area contributed by atoms with E-state index in [1.165, 1.54) is 4.90 Å². The van der Waals surface area contributed by atoms with E-state index in [-0.39, 0.29) is 11.3 Å². The Bertz CT molecular complexity index is 1170. The van der Waals surface area contributed by atoms with Crippen LogP contribution in [0.3, 0.4) is 0 Å². The van der Waals surface area contributed by atoms with Crippen LogP contribution in [0.4, 0.5) is 5.69 Å². The second kappa shape index (κ2) is 9.56. The number of pyridine rings is 1. The summed E-state index contributed by atoms with van der Waals surface area (Å²) in [5.74, 6) is -0.472. The van der Waals surface area contributed by atoms with E-state index >= 15 is 0 Å². The zero-order valence-electron chi connectivity index (χ0n) is 18.4. The van der Waals surface area contributed by atoms with Crippen molar-refractivity contribution < 1.29 is 24.2 Å². The topological polar surface area (TPSA) is 89.0 Å². The number of aromatic nitrogens is 1. The van der Waals surface area contributed by atoms with Crippen LogP contribution in [0.2, 0.25) is 0 Å². The smallest absolute Gasteiger partial charge is 0.300 e. The van der Waals surface area contributed by atoms with Crippen molar-refractivity contribution in [3.8, 4) is 11.5 Å². The van der Waals surface area contributed by atoms with Crippen LogP contribution < -0.4 is 14.4 Å². The van der Waals surface area contributed by atoms with Gasteiger partial charge >= 0.3 is 0 Å². The van der Waals surface area contributed by atoms with E-state index in [0.717, 1.165) is 0 Å². The maximum atomic E-state index is 13.1. The average Bonchev–Trinajstić information content (AvgIpc) is 3.11. The van der Waals surface area contributed by atoms with Crippen molar-refractivity contribution in [1.29, 1.82) is 0 Å². The first-order chi connectivity index (χ1) is 16.0. The summed E-state index contributed by atoms with van der Waals surface area (Å²) in [6.07, 6.45) is 1.59. The molecule has 0 radical (unpaired) electrons. The molecule has 1 N–H and O–H groups in total. The molecule has 1 aromatic heterocycles. The minimum atomic E-state index is -0.879. The molecular formula is C26H24N2O5. The van der Waals surface area contributed by atoms with E-state index in [1.807, 2.05) is 13.8 Å². The Morgan fingerprint density at radius 1 is 0.909 bits per heavy atom. The molecule has 168 valence electrons. The first kappa shape index (κ1) is 22.1. The molecule has 1 amide bonds. The van der Waals surface area contributed by atoms with Crippen LogP contribution in [0.1, 0.15) is 31.1 Å². The van der Waals surface area contributed by atoms with E-state index in [1.54, 1.807) is 72.9 Å². The molecule has 0 spiro atoms. The number of anilines is 1. The molecule has 0 aliphatic carbocycles. The van der Waals surface area contributed by atoms with Crippen molar-refractivity contribution in [3.05, 3.63) is 89.8 Å².